The number of aryl methyl sites for hydroxylation is 2. The maximum atomic E-state index is 11.1. The fraction of sp³-hybridized carbons (Fsp3) is 0.516. The van der Waals surface area contributed by atoms with Crippen molar-refractivity contribution in [1.82, 2.24) is 9.88 Å². The normalized spacial score (nSPS) is 14.9. The van der Waals surface area contributed by atoms with Gasteiger partial charge in [0.05, 0.1) is 18.8 Å². The van der Waals surface area contributed by atoms with Crippen molar-refractivity contribution in [1.29, 1.82) is 0 Å². The zero-order valence-corrected chi connectivity index (χ0v) is 22.4. The molecule has 4 rings (SSSR count). The summed E-state index contributed by atoms with van der Waals surface area (Å²) in [5.74, 6) is 0.131. The number of rotatable bonds is 14. The monoisotopic (exact) mass is 506 g/mol. The van der Waals surface area contributed by atoms with Crippen LogP contribution in [0.3, 0.4) is 0 Å². The minimum absolute atomic E-state index is 0.380. The van der Waals surface area contributed by atoms with E-state index in [4.69, 9.17) is 14.6 Å². The summed E-state index contributed by atoms with van der Waals surface area (Å²) in [7, 11) is 1.76. The first-order valence-corrected chi connectivity index (χ1v) is 13.8. The van der Waals surface area contributed by atoms with Gasteiger partial charge in [0.2, 0.25) is 0 Å². The zero-order chi connectivity index (χ0) is 26.0. The molecule has 0 saturated carbocycles. The zero-order valence-electron chi connectivity index (χ0n) is 22.4. The average Bonchev–Trinajstić information content (AvgIpc) is 3.41. The number of benzene rings is 2. The van der Waals surface area contributed by atoms with Crippen LogP contribution >= 0.6 is 0 Å². The standard InChI is InChI=1S/C31H42N2O4/c1-23-20-29(36-2)28(27-13-16-32-30(23)27)22-33-17-14-26(15-18-33)37-19-8-6-4-3-5-7-10-24-11-9-12-25(21-24)31(34)35/h9,11-13,16,20-21,26,32H,3-8,10,14-15,17-19,22H2,1-2H3,(H,34,35). The molecule has 1 aliphatic rings. The van der Waals surface area contributed by atoms with E-state index in [0.29, 0.717) is 11.7 Å². The first-order valence-electron chi connectivity index (χ1n) is 13.8. The van der Waals surface area contributed by atoms with Crippen molar-refractivity contribution >= 4 is 16.9 Å². The van der Waals surface area contributed by atoms with E-state index in [1.54, 1.807) is 19.2 Å². The lowest BCUT2D eigenvalue weighted by Crippen LogP contribution is -2.36. The third-order valence-corrected chi connectivity index (χ3v) is 7.64. The van der Waals surface area contributed by atoms with Crippen LogP contribution in [0.5, 0.6) is 5.75 Å². The summed E-state index contributed by atoms with van der Waals surface area (Å²) in [5.41, 5.74) is 5.20. The van der Waals surface area contributed by atoms with Crippen LogP contribution in [0.2, 0.25) is 0 Å². The van der Waals surface area contributed by atoms with Crippen LogP contribution in [0.1, 0.15) is 78.4 Å². The van der Waals surface area contributed by atoms with Crippen molar-refractivity contribution in [2.45, 2.75) is 77.4 Å². The molecule has 0 aliphatic carbocycles. The van der Waals surface area contributed by atoms with E-state index < -0.39 is 5.97 Å². The Bertz CT molecular complexity index is 1150. The number of methoxy groups -OCH3 is 1. The van der Waals surface area contributed by atoms with E-state index in [1.807, 2.05) is 18.3 Å². The van der Waals surface area contributed by atoms with Crippen molar-refractivity contribution in [3.05, 3.63) is 64.8 Å². The van der Waals surface area contributed by atoms with Gasteiger partial charge in [0.15, 0.2) is 0 Å². The summed E-state index contributed by atoms with van der Waals surface area (Å²) >= 11 is 0. The molecule has 2 aromatic carbocycles. The summed E-state index contributed by atoms with van der Waals surface area (Å²) in [6, 6.07) is 11.6. The quantitative estimate of drug-likeness (QED) is 0.237. The molecule has 37 heavy (non-hydrogen) atoms. The van der Waals surface area contributed by atoms with Crippen LogP contribution in [-0.4, -0.2) is 53.9 Å². The Kier molecular flexibility index (Phi) is 10.0. The molecule has 1 aromatic heterocycles. The molecule has 0 spiro atoms. The summed E-state index contributed by atoms with van der Waals surface area (Å²) in [6.45, 7) is 6.02. The highest BCUT2D eigenvalue weighted by atomic mass is 16.5. The summed E-state index contributed by atoms with van der Waals surface area (Å²) < 4.78 is 11.9. The molecule has 2 N–H and O–H groups in total. The van der Waals surface area contributed by atoms with Crippen LogP contribution in [0.25, 0.3) is 10.9 Å². The number of aromatic carboxylic acids is 1. The topological polar surface area (TPSA) is 74.8 Å². The maximum absolute atomic E-state index is 11.1. The van der Waals surface area contributed by atoms with Crippen LogP contribution in [0, 0.1) is 6.92 Å². The summed E-state index contributed by atoms with van der Waals surface area (Å²) in [4.78, 5) is 17.0. The van der Waals surface area contributed by atoms with E-state index >= 15 is 0 Å². The van der Waals surface area contributed by atoms with Gasteiger partial charge in [-0.15, -0.1) is 0 Å². The first kappa shape index (κ1) is 27.2. The highest BCUT2D eigenvalue weighted by Crippen LogP contribution is 2.32. The van der Waals surface area contributed by atoms with Crippen molar-refractivity contribution < 1.29 is 19.4 Å². The molecular weight excluding hydrogens is 464 g/mol. The van der Waals surface area contributed by atoms with Gasteiger partial charge < -0.3 is 19.6 Å². The number of nitrogens with zero attached hydrogens (tertiary/aromatic N) is 1. The minimum atomic E-state index is -0.851. The van der Waals surface area contributed by atoms with E-state index in [-0.39, 0.29) is 0 Å². The fourth-order valence-corrected chi connectivity index (χ4v) is 5.49. The van der Waals surface area contributed by atoms with Crippen LogP contribution in [0.15, 0.2) is 42.6 Å². The van der Waals surface area contributed by atoms with Gasteiger partial charge in [-0.2, -0.15) is 0 Å². The van der Waals surface area contributed by atoms with E-state index in [0.717, 1.165) is 69.7 Å². The molecule has 0 atom stereocenters. The Hall–Kier alpha value is -2.83. The van der Waals surface area contributed by atoms with Gasteiger partial charge in [-0.05, 0) is 74.4 Å². The van der Waals surface area contributed by atoms with Crippen molar-refractivity contribution in [2.24, 2.45) is 0 Å². The highest BCUT2D eigenvalue weighted by Gasteiger charge is 2.22. The molecule has 6 nitrogen and oxygen atoms in total. The largest absolute Gasteiger partial charge is 0.496 e. The van der Waals surface area contributed by atoms with Gasteiger partial charge >= 0.3 is 5.97 Å². The Morgan fingerprint density at radius 1 is 1.05 bits per heavy atom. The third kappa shape index (κ3) is 7.59. The number of likely N-dealkylation sites (tertiary alicyclic amines) is 1. The van der Waals surface area contributed by atoms with Crippen LogP contribution in [-0.2, 0) is 17.7 Å². The molecule has 6 heteroatoms. The number of carboxylic acid groups (broad SMARTS) is 1. The lowest BCUT2D eigenvalue weighted by atomic mass is 10.0. The second-order valence-corrected chi connectivity index (χ2v) is 10.4. The molecule has 0 amide bonds. The number of aromatic amines is 1. The van der Waals surface area contributed by atoms with Gasteiger partial charge in [0.25, 0.3) is 0 Å². The SMILES string of the molecule is COc1cc(C)c2[nH]ccc2c1CN1CCC(OCCCCCCCCc2cccc(C(=O)O)c2)CC1. The van der Waals surface area contributed by atoms with Gasteiger partial charge in [0.1, 0.15) is 5.75 Å². The number of aromatic nitrogens is 1. The Labute approximate surface area is 221 Å². The van der Waals surface area contributed by atoms with E-state index in [2.05, 4.69) is 28.9 Å². The number of unbranched alkanes of at least 4 members (excludes halogenated alkanes) is 5. The van der Waals surface area contributed by atoms with Crippen molar-refractivity contribution in [3.8, 4) is 5.75 Å². The smallest absolute Gasteiger partial charge is 0.335 e. The number of piperidine rings is 1. The minimum Gasteiger partial charge on any atom is -0.496 e. The number of nitrogens with one attached hydrogen (secondary N) is 1. The molecular formula is C31H42N2O4. The van der Waals surface area contributed by atoms with Gasteiger partial charge in [-0.3, -0.25) is 4.90 Å². The number of H-pyrrole nitrogens is 1. The number of ether oxygens (including phenoxy) is 2. The highest BCUT2D eigenvalue weighted by molar-refractivity contribution is 5.88. The molecule has 200 valence electrons. The molecule has 1 fully saturated rings. The number of carboxylic acids is 1. The Morgan fingerprint density at radius 2 is 1.81 bits per heavy atom. The molecule has 1 saturated heterocycles. The molecule has 1 aliphatic heterocycles. The summed E-state index contributed by atoms with van der Waals surface area (Å²) in [5, 5.41) is 10.4. The maximum Gasteiger partial charge on any atom is 0.335 e. The predicted molar refractivity (Wildman–Crippen MR) is 149 cm³/mol. The molecule has 2 heterocycles. The van der Waals surface area contributed by atoms with Gasteiger partial charge in [0, 0.05) is 48.9 Å². The van der Waals surface area contributed by atoms with Crippen LogP contribution in [0.4, 0.5) is 0 Å². The molecule has 0 unspecified atom stereocenters. The lowest BCUT2D eigenvalue weighted by molar-refractivity contribution is 0.00423. The second kappa shape index (κ2) is 13.6. The lowest BCUT2D eigenvalue weighted by Gasteiger charge is -2.32. The third-order valence-electron chi connectivity index (χ3n) is 7.64. The first-order chi connectivity index (χ1) is 18.0. The number of hydrogen-bond acceptors (Lipinski definition) is 4. The molecule has 0 radical (unpaired) electrons. The Balaban J connectivity index is 1.07. The van der Waals surface area contributed by atoms with Crippen molar-refractivity contribution in [2.75, 3.05) is 26.8 Å². The van der Waals surface area contributed by atoms with Gasteiger partial charge in [-0.25, -0.2) is 4.79 Å². The Morgan fingerprint density at radius 3 is 2.57 bits per heavy atom. The predicted octanol–water partition coefficient (Wildman–Crippen LogP) is 6.75. The van der Waals surface area contributed by atoms with Gasteiger partial charge in [-0.1, -0.05) is 37.8 Å². The van der Waals surface area contributed by atoms with E-state index in [1.165, 1.54) is 47.7 Å². The van der Waals surface area contributed by atoms with Crippen molar-refractivity contribution in [3.63, 3.8) is 0 Å². The second-order valence-electron chi connectivity index (χ2n) is 10.4. The van der Waals surface area contributed by atoms with Crippen LogP contribution < -0.4 is 4.74 Å². The number of hydrogen-bond donors (Lipinski definition) is 2. The van der Waals surface area contributed by atoms with E-state index in [9.17, 15) is 4.79 Å². The molecule has 3 aromatic rings. The molecule has 0 bridgehead atoms. The summed E-state index contributed by atoms with van der Waals surface area (Å²) in [6.07, 6.45) is 12.7. The number of fused-ring (bicyclic) bond motifs is 1. The number of carbonyl (C=O) groups is 1. The average molecular weight is 507 g/mol. The fourth-order valence-electron chi connectivity index (χ4n) is 5.49.